The van der Waals surface area contributed by atoms with Gasteiger partial charge in [-0.3, -0.25) is 4.79 Å². The van der Waals surface area contributed by atoms with E-state index in [-0.39, 0.29) is 11.9 Å². The van der Waals surface area contributed by atoms with Crippen LogP contribution in [0, 0.1) is 5.92 Å². The molecular formula is C30H33N2O2S+. The smallest absolute Gasteiger partial charge is 0.261 e. The van der Waals surface area contributed by atoms with Gasteiger partial charge in [-0.05, 0) is 29.2 Å². The lowest BCUT2D eigenvalue weighted by molar-refractivity contribution is -0.943. The molecule has 3 aromatic carbocycles. The lowest BCUT2D eigenvalue weighted by atomic mass is 9.80. The number of quaternary nitrogens is 1. The molecule has 0 saturated carbocycles. The number of rotatable bonds is 7. The number of carbonyl (C=O) groups excluding carboxylic acids is 1. The minimum absolute atomic E-state index is 0.121. The summed E-state index contributed by atoms with van der Waals surface area (Å²) in [4.78, 5) is 15.1. The number of nitrogens with zero attached hydrogens (tertiary/aromatic N) is 1. The molecule has 0 spiro atoms. The molecule has 2 N–H and O–H groups in total. The van der Waals surface area contributed by atoms with Crippen molar-refractivity contribution >= 4 is 17.7 Å². The van der Waals surface area contributed by atoms with Crippen molar-refractivity contribution in [1.82, 2.24) is 5.32 Å². The van der Waals surface area contributed by atoms with E-state index < -0.39 is 5.60 Å². The first-order valence-electron chi connectivity index (χ1n) is 12.8. The van der Waals surface area contributed by atoms with Crippen LogP contribution in [-0.2, 0) is 10.4 Å². The van der Waals surface area contributed by atoms with Crippen LogP contribution in [0.2, 0.25) is 0 Å². The maximum absolute atomic E-state index is 13.8. The normalized spacial score (nSPS) is 25.6. The summed E-state index contributed by atoms with van der Waals surface area (Å²) < 4.78 is 1.10. The summed E-state index contributed by atoms with van der Waals surface area (Å²) in [6, 6.07) is 26.3. The molecule has 4 aliphatic rings. The molecule has 5 heteroatoms. The third kappa shape index (κ3) is 4.00. The summed E-state index contributed by atoms with van der Waals surface area (Å²) in [6.45, 7) is 4.56. The van der Waals surface area contributed by atoms with Gasteiger partial charge in [-0.1, -0.05) is 66.7 Å². The van der Waals surface area contributed by atoms with E-state index in [1.54, 1.807) is 0 Å². The topological polar surface area (TPSA) is 49.3 Å². The summed E-state index contributed by atoms with van der Waals surface area (Å²) in [5.74, 6) is 1.36. The Morgan fingerprint density at radius 1 is 0.914 bits per heavy atom. The Morgan fingerprint density at radius 2 is 1.51 bits per heavy atom. The summed E-state index contributed by atoms with van der Waals surface area (Å²) in [6.07, 6.45) is 3.49. The van der Waals surface area contributed by atoms with Crippen LogP contribution >= 0.6 is 11.8 Å². The summed E-state index contributed by atoms with van der Waals surface area (Å²) in [7, 11) is 0. The quantitative estimate of drug-likeness (QED) is 0.287. The number of amides is 1. The van der Waals surface area contributed by atoms with Gasteiger partial charge in [-0.15, -0.1) is 11.8 Å². The molecule has 4 nitrogen and oxygen atoms in total. The Kier molecular flexibility index (Phi) is 5.95. The lowest BCUT2D eigenvalue weighted by Gasteiger charge is -2.53. The van der Waals surface area contributed by atoms with E-state index in [1.165, 1.54) is 24.4 Å². The van der Waals surface area contributed by atoms with Crippen LogP contribution in [0.15, 0.2) is 83.8 Å². The van der Waals surface area contributed by atoms with Crippen molar-refractivity contribution in [2.45, 2.75) is 35.8 Å². The minimum Gasteiger partial charge on any atom is -0.372 e. The highest BCUT2D eigenvalue weighted by Gasteiger charge is 2.51. The van der Waals surface area contributed by atoms with Gasteiger partial charge in [0.1, 0.15) is 0 Å². The first kappa shape index (κ1) is 22.8. The maximum atomic E-state index is 13.8. The van der Waals surface area contributed by atoms with Crippen LogP contribution in [-0.4, -0.2) is 53.5 Å². The molecule has 1 amide bonds. The zero-order valence-corrected chi connectivity index (χ0v) is 20.8. The van der Waals surface area contributed by atoms with E-state index in [2.05, 4.69) is 35.6 Å². The average molecular weight is 486 g/mol. The van der Waals surface area contributed by atoms with E-state index in [1.807, 2.05) is 60.3 Å². The van der Waals surface area contributed by atoms with E-state index in [4.69, 9.17) is 0 Å². The molecule has 3 heterocycles. The van der Waals surface area contributed by atoms with Crippen molar-refractivity contribution in [3.63, 3.8) is 0 Å². The zero-order chi connectivity index (χ0) is 23.9. The number of thioether (sulfide) groups is 1. The summed E-state index contributed by atoms with van der Waals surface area (Å²) >= 11 is 1.93. The largest absolute Gasteiger partial charge is 0.372 e. The fraction of sp³-hybridized carbons (Fsp3) is 0.367. The molecule has 1 aliphatic carbocycles. The Labute approximate surface area is 212 Å². The Bertz CT molecular complexity index is 1170. The van der Waals surface area contributed by atoms with Gasteiger partial charge in [0.25, 0.3) is 5.91 Å². The van der Waals surface area contributed by atoms with Crippen molar-refractivity contribution in [3.8, 4) is 11.1 Å². The zero-order valence-electron chi connectivity index (χ0n) is 20.0. The fourth-order valence-corrected chi connectivity index (χ4v) is 7.46. The van der Waals surface area contributed by atoms with Crippen LogP contribution in [0.4, 0.5) is 0 Å². The first-order valence-corrected chi connectivity index (χ1v) is 13.8. The van der Waals surface area contributed by atoms with E-state index in [9.17, 15) is 9.90 Å². The van der Waals surface area contributed by atoms with Crippen LogP contribution in [0.25, 0.3) is 11.1 Å². The van der Waals surface area contributed by atoms with Gasteiger partial charge in [0.15, 0.2) is 5.60 Å². The number of benzene rings is 3. The first-order chi connectivity index (χ1) is 17.1. The van der Waals surface area contributed by atoms with Crippen molar-refractivity contribution in [2.24, 2.45) is 5.92 Å². The third-order valence-electron chi connectivity index (χ3n) is 8.46. The van der Waals surface area contributed by atoms with Gasteiger partial charge in [0, 0.05) is 41.0 Å². The Morgan fingerprint density at radius 3 is 2.17 bits per heavy atom. The molecule has 180 valence electrons. The SMILES string of the molecule is O=C(N[C@H]1C[N+]2(CCCSc3ccccc3)CCC1CC2)C1(O)c2ccccc2-c2ccccc21. The average Bonchev–Trinajstić information content (AvgIpc) is 3.18. The second-order valence-electron chi connectivity index (χ2n) is 10.4. The minimum atomic E-state index is -1.63. The number of hydrogen-bond acceptors (Lipinski definition) is 3. The van der Waals surface area contributed by atoms with Gasteiger partial charge < -0.3 is 14.9 Å². The Balaban J connectivity index is 1.15. The number of piperidine rings is 3. The van der Waals surface area contributed by atoms with Gasteiger partial charge in [-0.2, -0.15) is 0 Å². The molecule has 0 aromatic heterocycles. The molecule has 35 heavy (non-hydrogen) atoms. The molecule has 3 fully saturated rings. The Hall–Kier alpha value is -2.60. The van der Waals surface area contributed by atoms with Gasteiger partial charge in [0.2, 0.25) is 0 Å². The summed E-state index contributed by atoms with van der Waals surface area (Å²) in [5, 5.41) is 15.2. The van der Waals surface area contributed by atoms with Crippen molar-refractivity contribution in [3.05, 3.63) is 90.0 Å². The molecule has 0 unspecified atom stereocenters. The maximum Gasteiger partial charge on any atom is 0.261 e. The second kappa shape index (κ2) is 9.12. The van der Waals surface area contributed by atoms with Crippen LogP contribution in [0.1, 0.15) is 30.4 Å². The lowest BCUT2D eigenvalue weighted by Crippen LogP contribution is -2.68. The second-order valence-corrected chi connectivity index (χ2v) is 11.6. The van der Waals surface area contributed by atoms with E-state index >= 15 is 0 Å². The molecule has 3 aromatic rings. The van der Waals surface area contributed by atoms with Gasteiger partial charge in [0.05, 0.1) is 32.2 Å². The van der Waals surface area contributed by atoms with E-state index in [0.29, 0.717) is 17.0 Å². The van der Waals surface area contributed by atoms with Gasteiger partial charge >= 0.3 is 0 Å². The van der Waals surface area contributed by atoms with Crippen molar-refractivity contribution < 1.29 is 14.4 Å². The third-order valence-corrected chi connectivity index (χ3v) is 9.56. The van der Waals surface area contributed by atoms with Crippen LogP contribution in [0.3, 0.4) is 0 Å². The molecule has 7 rings (SSSR count). The number of hydrogen-bond donors (Lipinski definition) is 2. The van der Waals surface area contributed by atoms with Crippen molar-refractivity contribution in [1.29, 1.82) is 0 Å². The van der Waals surface area contributed by atoms with Crippen molar-refractivity contribution in [2.75, 3.05) is 31.9 Å². The highest BCUT2D eigenvalue weighted by Crippen LogP contribution is 2.47. The highest BCUT2D eigenvalue weighted by atomic mass is 32.2. The van der Waals surface area contributed by atoms with Crippen LogP contribution < -0.4 is 5.32 Å². The number of fused-ring (bicyclic) bond motifs is 6. The molecular weight excluding hydrogens is 452 g/mol. The predicted molar refractivity (Wildman–Crippen MR) is 141 cm³/mol. The monoisotopic (exact) mass is 485 g/mol. The van der Waals surface area contributed by atoms with E-state index in [0.717, 1.165) is 47.3 Å². The molecule has 3 aliphatic heterocycles. The molecule has 1 atom stereocenters. The number of carbonyl (C=O) groups is 1. The van der Waals surface area contributed by atoms with Gasteiger partial charge in [-0.25, -0.2) is 0 Å². The highest BCUT2D eigenvalue weighted by molar-refractivity contribution is 7.99. The summed E-state index contributed by atoms with van der Waals surface area (Å²) in [5.41, 5.74) is 1.67. The molecule has 3 saturated heterocycles. The fourth-order valence-electron chi connectivity index (χ4n) is 6.60. The standard InChI is InChI=1S/C30H32N2O2S/c33-29(30(34)26-13-6-4-11-24(26)25-12-5-7-14-27(25)30)31-28-21-32(18-15-22(28)16-19-32)17-8-20-35-23-9-2-1-3-10-23/h1-7,9-14,22,28,34H,8,15-21H2/p+1/t22?,28-,32?/m0/s1. The molecule has 0 radical (unpaired) electrons. The van der Waals surface area contributed by atoms with Crippen LogP contribution in [0.5, 0.6) is 0 Å². The number of nitrogens with one attached hydrogen (secondary N) is 1. The molecule has 2 bridgehead atoms. The number of aliphatic hydroxyl groups is 1. The predicted octanol–water partition coefficient (Wildman–Crippen LogP) is 4.81.